The van der Waals surface area contributed by atoms with Gasteiger partial charge in [-0.05, 0) is 32.6 Å². The van der Waals surface area contributed by atoms with Crippen LogP contribution in [0.5, 0.6) is 0 Å². The van der Waals surface area contributed by atoms with Crippen LogP contribution < -0.4 is 5.32 Å². The lowest BCUT2D eigenvalue weighted by molar-refractivity contribution is -0.128. The fourth-order valence-corrected chi connectivity index (χ4v) is 3.91. The van der Waals surface area contributed by atoms with E-state index in [0.29, 0.717) is 12.1 Å². The van der Waals surface area contributed by atoms with Crippen molar-refractivity contribution in [2.75, 3.05) is 52.6 Å². The summed E-state index contributed by atoms with van der Waals surface area (Å²) in [6, 6.07) is 0.974. The minimum Gasteiger partial charge on any atom is -0.381 e. The quantitative estimate of drug-likeness (QED) is 0.814. The average molecular weight is 325 g/mol. The van der Waals surface area contributed by atoms with E-state index in [1.54, 1.807) is 0 Å². The molecule has 1 unspecified atom stereocenters. The van der Waals surface area contributed by atoms with E-state index in [-0.39, 0.29) is 11.9 Å². The number of piperidine rings is 1. The Morgan fingerprint density at radius 3 is 2.22 bits per heavy atom. The van der Waals surface area contributed by atoms with Gasteiger partial charge in [-0.1, -0.05) is 0 Å². The summed E-state index contributed by atoms with van der Waals surface area (Å²) in [6.45, 7) is 9.20. The first-order valence-electron chi connectivity index (χ1n) is 9.18. The SMILES string of the molecule is CC(C(=O)NC1CCN(C2CCOCC2)CC1)N1CCOCC1. The topological polar surface area (TPSA) is 54.0 Å². The van der Waals surface area contributed by atoms with Gasteiger partial charge in [0.15, 0.2) is 0 Å². The highest BCUT2D eigenvalue weighted by Gasteiger charge is 2.29. The van der Waals surface area contributed by atoms with Crippen LogP contribution in [-0.2, 0) is 14.3 Å². The summed E-state index contributed by atoms with van der Waals surface area (Å²) in [6.07, 6.45) is 4.45. The molecule has 0 bridgehead atoms. The Hall–Kier alpha value is -0.690. The van der Waals surface area contributed by atoms with Crippen molar-refractivity contribution in [3.8, 4) is 0 Å². The van der Waals surface area contributed by atoms with E-state index in [2.05, 4.69) is 15.1 Å². The molecule has 23 heavy (non-hydrogen) atoms. The van der Waals surface area contributed by atoms with Crippen molar-refractivity contribution in [2.45, 2.75) is 50.7 Å². The third-order valence-corrected chi connectivity index (χ3v) is 5.56. The van der Waals surface area contributed by atoms with E-state index in [9.17, 15) is 4.79 Å². The van der Waals surface area contributed by atoms with Crippen molar-refractivity contribution >= 4 is 5.91 Å². The number of nitrogens with zero attached hydrogens (tertiary/aromatic N) is 2. The van der Waals surface area contributed by atoms with Crippen molar-refractivity contribution in [2.24, 2.45) is 0 Å². The summed E-state index contributed by atoms with van der Waals surface area (Å²) >= 11 is 0. The zero-order valence-corrected chi connectivity index (χ0v) is 14.3. The number of likely N-dealkylation sites (tertiary alicyclic amines) is 1. The fourth-order valence-electron chi connectivity index (χ4n) is 3.91. The second kappa shape index (κ2) is 8.42. The number of morpholine rings is 1. The van der Waals surface area contributed by atoms with Crippen molar-refractivity contribution in [1.82, 2.24) is 15.1 Å². The van der Waals surface area contributed by atoms with Gasteiger partial charge in [0, 0.05) is 51.5 Å². The highest BCUT2D eigenvalue weighted by Crippen LogP contribution is 2.20. The van der Waals surface area contributed by atoms with Gasteiger partial charge in [0.2, 0.25) is 5.91 Å². The molecule has 3 aliphatic rings. The van der Waals surface area contributed by atoms with Crippen LogP contribution >= 0.6 is 0 Å². The van der Waals surface area contributed by atoms with Crippen LogP contribution in [0.4, 0.5) is 0 Å². The molecule has 0 spiro atoms. The lowest BCUT2D eigenvalue weighted by Gasteiger charge is -2.40. The number of hydrogen-bond donors (Lipinski definition) is 1. The van der Waals surface area contributed by atoms with Crippen LogP contribution in [-0.4, -0.2) is 86.4 Å². The Kier molecular flexibility index (Phi) is 6.28. The van der Waals surface area contributed by atoms with Gasteiger partial charge in [-0.25, -0.2) is 0 Å². The molecule has 0 aromatic rings. The molecular weight excluding hydrogens is 294 g/mol. The molecule has 3 aliphatic heterocycles. The minimum absolute atomic E-state index is 0.0487. The first-order chi connectivity index (χ1) is 11.2. The standard InChI is InChI=1S/C17H31N3O3/c1-14(19-8-12-23-13-9-19)17(21)18-15-2-6-20(7-3-15)16-4-10-22-11-5-16/h14-16H,2-13H2,1H3,(H,18,21). The number of ether oxygens (including phenoxy) is 2. The van der Waals surface area contributed by atoms with Crippen molar-refractivity contribution in [3.63, 3.8) is 0 Å². The average Bonchev–Trinajstić information content (AvgIpc) is 2.63. The Bertz CT molecular complexity index is 373. The van der Waals surface area contributed by atoms with E-state index in [0.717, 1.165) is 78.3 Å². The Balaban J connectivity index is 1.40. The molecule has 0 aliphatic carbocycles. The molecule has 1 N–H and O–H groups in total. The van der Waals surface area contributed by atoms with E-state index in [1.165, 1.54) is 0 Å². The number of nitrogens with one attached hydrogen (secondary N) is 1. The zero-order valence-electron chi connectivity index (χ0n) is 14.3. The molecule has 0 aromatic carbocycles. The number of amides is 1. The number of hydrogen-bond acceptors (Lipinski definition) is 5. The lowest BCUT2D eigenvalue weighted by atomic mass is 9.99. The van der Waals surface area contributed by atoms with Gasteiger partial charge in [0.1, 0.15) is 0 Å². The number of carbonyl (C=O) groups excluding carboxylic acids is 1. The Morgan fingerprint density at radius 1 is 0.957 bits per heavy atom. The van der Waals surface area contributed by atoms with Gasteiger partial charge < -0.3 is 19.7 Å². The maximum Gasteiger partial charge on any atom is 0.237 e. The largest absolute Gasteiger partial charge is 0.381 e. The Labute approximate surface area is 139 Å². The molecular formula is C17H31N3O3. The lowest BCUT2D eigenvalue weighted by Crippen LogP contribution is -2.54. The van der Waals surface area contributed by atoms with Gasteiger partial charge in [-0.2, -0.15) is 0 Å². The third kappa shape index (κ3) is 4.66. The highest BCUT2D eigenvalue weighted by molar-refractivity contribution is 5.81. The van der Waals surface area contributed by atoms with Crippen molar-refractivity contribution in [3.05, 3.63) is 0 Å². The summed E-state index contributed by atoms with van der Waals surface area (Å²) in [4.78, 5) is 17.3. The molecule has 0 radical (unpaired) electrons. The second-order valence-electron chi connectivity index (χ2n) is 6.99. The molecule has 3 fully saturated rings. The Morgan fingerprint density at radius 2 is 1.57 bits per heavy atom. The molecule has 0 saturated carbocycles. The maximum absolute atomic E-state index is 12.5. The third-order valence-electron chi connectivity index (χ3n) is 5.56. The van der Waals surface area contributed by atoms with Crippen LogP contribution in [0.2, 0.25) is 0 Å². The smallest absolute Gasteiger partial charge is 0.237 e. The molecule has 0 aromatic heterocycles. The predicted octanol–water partition coefficient (Wildman–Crippen LogP) is 0.467. The summed E-state index contributed by atoms with van der Waals surface area (Å²) in [5.41, 5.74) is 0. The van der Waals surface area contributed by atoms with E-state index in [1.807, 2.05) is 6.92 Å². The van der Waals surface area contributed by atoms with Gasteiger partial charge in [-0.3, -0.25) is 9.69 Å². The summed E-state index contributed by atoms with van der Waals surface area (Å²) in [5, 5.41) is 3.27. The van der Waals surface area contributed by atoms with E-state index >= 15 is 0 Å². The molecule has 3 rings (SSSR count). The van der Waals surface area contributed by atoms with Crippen molar-refractivity contribution in [1.29, 1.82) is 0 Å². The molecule has 6 heteroatoms. The van der Waals surface area contributed by atoms with Gasteiger partial charge in [-0.15, -0.1) is 0 Å². The zero-order chi connectivity index (χ0) is 16.1. The summed E-state index contributed by atoms with van der Waals surface area (Å²) in [7, 11) is 0. The minimum atomic E-state index is -0.0487. The second-order valence-corrected chi connectivity index (χ2v) is 6.99. The molecule has 6 nitrogen and oxygen atoms in total. The molecule has 1 amide bonds. The van der Waals surface area contributed by atoms with Crippen molar-refractivity contribution < 1.29 is 14.3 Å². The van der Waals surface area contributed by atoms with Crippen LogP contribution in [0.15, 0.2) is 0 Å². The van der Waals surface area contributed by atoms with E-state index < -0.39 is 0 Å². The van der Waals surface area contributed by atoms with E-state index in [4.69, 9.17) is 9.47 Å². The van der Waals surface area contributed by atoms with Crippen LogP contribution in [0.3, 0.4) is 0 Å². The molecule has 3 saturated heterocycles. The monoisotopic (exact) mass is 325 g/mol. The van der Waals surface area contributed by atoms with Crippen LogP contribution in [0.1, 0.15) is 32.6 Å². The van der Waals surface area contributed by atoms with Gasteiger partial charge >= 0.3 is 0 Å². The molecule has 3 heterocycles. The number of carbonyl (C=O) groups is 1. The highest BCUT2D eigenvalue weighted by atomic mass is 16.5. The fraction of sp³-hybridized carbons (Fsp3) is 0.941. The summed E-state index contributed by atoms with van der Waals surface area (Å²) < 4.78 is 10.8. The summed E-state index contributed by atoms with van der Waals surface area (Å²) in [5.74, 6) is 0.177. The first-order valence-corrected chi connectivity index (χ1v) is 9.18. The predicted molar refractivity (Wildman–Crippen MR) is 88.4 cm³/mol. The molecule has 1 atom stereocenters. The first kappa shape index (κ1) is 17.1. The van der Waals surface area contributed by atoms with Gasteiger partial charge in [0.25, 0.3) is 0 Å². The van der Waals surface area contributed by atoms with Gasteiger partial charge in [0.05, 0.1) is 19.3 Å². The van der Waals surface area contributed by atoms with Crippen LogP contribution in [0.25, 0.3) is 0 Å². The maximum atomic E-state index is 12.5. The molecule has 132 valence electrons. The van der Waals surface area contributed by atoms with Crippen LogP contribution in [0, 0.1) is 0 Å². The number of rotatable bonds is 4. The normalized spacial score (nSPS) is 27.7.